The van der Waals surface area contributed by atoms with Crippen molar-refractivity contribution in [1.29, 1.82) is 0 Å². The Morgan fingerprint density at radius 2 is 1.73 bits per heavy atom. The summed E-state index contributed by atoms with van der Waals surface area (Å²) in [5.74, 6) is 0.464. The van der Waals surface area contributed by atoms with Crippen LogP contribution in [0.2, 0.25) is 0 Å². The molecular formula is C33H44N4O7S. The number of carbonyl (C=O) groups is 2. The van der Waals surface area contributed by atoms with Crippen molar-refractivity contribution >= 4 is 33.8 Å². The van der Waals surface area contributed by atoms with E-state index in [0.29, 0.717) is 42.9 Å². The second-order valence-electron chi connectivity index (χ2n) is 11.1. The monoisotopic (exact) mass is 640 g/mol. The highest BCUT2D eigenvalue weighted by atomic mass is 32.2. The number of methoxy groups -OCH3 is 1. The number of sulfonamides is 1. The lowest BCUT2D eigenvalue weighted by Crippen LogP contribution is -2.48. The second kappa shape index (κ2) is 17.4. The zero-order valence-electron chi connectivity index (χ0n) is 26.0. The highest BCUT2D eigenvalue weighted by molar-refractivity contribution is 7.92. The molecule has 11 nitrogen and oxygen atoms in total. The average Bonchev–Trinajstić information content (AvgIpc) is 3.01. The van der Waals surface area contributed by atoms with Crippen molar-refractivity contribution in [3.8, 4) is 5.75 Å². The van der Waals surface area contributed by atoms with Gasteiger partial charge in [0.25, 0.3) is 12.4 Å². The molecule has 0 aromatic heterocycles. The number of anilines is 2. The van der Waals surface area contributed by atoms with E-state index in [0.717, 1.165) is 23.3 Å². The van der Waals surface area contributed by atoms with Gasteiger partial charge in [-0.1, -0.05) is 42.5 Å². The fourth-order valence-electron chi connectivity index (χ4n) is 5.07. The number of aliphatic hydroxyl groups excluding tert-OH is 1. The lowest BCUT2D eigenvalue weighted by Gasteiger charge is -2.29. The van der Waals surface area contributed by atoms with Crippen LogP contribution < -0.4 is 25.0 Å². The predicted octanol–water partition coefficient (Wildman–Crippen LogP) is 3.64. The molecule has 1 aliphatic heterocycles. The first kappa shape index (κ1) is 35.4. The van der Waals surface area contributed by atoms with Gasteiger partial charge in [-0.15, -0.1) is 0 Å². The first-order valence-electron chi connectivity index (χ1n) is 14.9. The molecule has 1 aliphatic rings. The van der Waals surface area contributed by atoms with Gasteiger partial charge in [0.1, 0.15) is 5.75 Å². The number of carbonyl (C=O) groups excluding carboxylic acids is 1. The van der Waals surface area contributed by atoms with E-state index in [9.17, 15) is 18.3 Å². The lowest BCUT2D eigenvalue weighted by atomic mass is 10.00. The molecular weight excluding hydrogens is 596 g/mol. The Labute approximate surface area is 265 Å². The smallest absolute Gasteiger partial charge is 0.290 e. The van der Waals surface area contributed by atoms with Gasteiger partial charge in [0.15, 0.2) is 0 Å². The summed E-state index contributed by atoms with van der Waals surface area (Å²) in [5.41, 5.74) is 3.44. The van der Waals surface area contributed by atoms with Crippen molar-refractivity contribution in [3.63, 3.8) is 0 Å². The minimum absolute atomic E-state index is 0.0810. The third kappa shape index (κ3) is 11.1. The molecule has 1 saturated heterocycles. The molecule has 0 bridgehead atoms. The van der Waals surface area contributed by atoms with Gasteiger partial charge < -0.3 is 30.9 Å². The highest BCUT2D eigenvalue weighted by Gasteiger charge is 2.28. The number of benzene rings is 3. The molecule has 244 valence electrons. The maximum absolute atomic E-state index is 13.7. The van der Waals surface area contributed by atoms with Crippen LogP contribution in [-0.4, -0.2) is 75.2 Å². The molecule has 3 aromatic rings. The fraction of sp³-hybridized carbons (Fsp3) is 0.394. The third-order valence-corrected chi connectivity index (χ3v) is 9.04. The summed E-state index contributed by atoms with van der Waals surface area (Å²) >= 11 is 0. The van der Waals surface area contributed by atoms with Crippen LogP contribution in [0.1, 0.15) is 48.2 Å². The Balaban J connectivity index is 0.00000177. The summed E-state index contributed by atoms with van der Waals surface area (Å²) in [7, 11) is -1.84. The maximum atomic E-state index is 13.7. The van der Waals surface area contributed by atoms with E-state index in [4.69, 9.17) is 14.6 Å². The number of carboxylic acid groups (broad SMARTS) is 1. The fourth-order valence-corrected chi connectivity index (χ4v) is 6.70. The van der Waals surface area contributed by atoms with Crippen molar-refractivity contribution in [2.75, 3.05) is 35.6 Å². The summed E-state index contributed by atoms with van der Waals surface area (Å²) in [4.78, 5) is 22.1. The van der Waals surface area contributed by atoms with E-state index in [1.807, 2.05) is 68.4 Å². The van der Waals surface area contributed by atoms with E-state index in [-0.39, 0.29) is 30.7 Å². The Bertz CT molecular complexity index is 1490. The van der Waals surface area contributed by atoms with Crippen molar-refractivity contribution < 1.29 is 33.0 Å². The summed E-state index contributed by atoms with van der Waals surface area (Å²) in [5, 5.41) is 27.8. The van der Waals surface area contributed by atoms with E-state index in [1.165, 1.54) is 4.31 Å². The average molecular weight is 641 g/mol. The number of amides is 1. The Kier molecular flexibility index (Phi) is 13.7. The van der Waals surface area contributed by atoms with Gasteiger partial charge in [0.05, 0.1) is 30.7 Å². The standard InChI is InChI=1S/C32H42N4O5S.CH2O2/c1-23(2)34-27-18-26(19-28(20-27)36-14-7-8-15-42(36,39)40)32(38)35-30(17-24-10-5-4-6-11-24)31(37)22-33-21-25-12-9-13-29(16-25)41-3;2-1-3/h4-6,9-13,16,18-20,23,30-31,33-34,37H,7-8,14-15,17,21-22H2,1-3H3,(H,35,38);1H,(H,2,3)/t30-,31+;/m0./s1. The highest BCUT2D eigenvalue weighted by Crippen LogP contribution is 2.28. The van der Waals surface area contributed by atoms with Gasteiger partial charge in [0.2, 0.25) is 10.0 Å². The van der Waals surface area contributed by atoms with Crippen molar-refractivity contribution in [3.05, 3.63) is 89.5 Å². The second-order valence-corrected chi connectivity index (χ2v) is 13.1. The number of nitrogens with one attached hydrogen (secondary N) is 3. The van der Waals surface area contributed by atoms with E-state index in [2.05, 4.69) is 16.0 Å². The van der Waals surface area contributed by atoms with Crippen LogP contribution in [0.5, 0.6) is 5.75 Å². The molecule has 3 aromatic carbocycles. The van der Waals surface area contributed by atoms with Crippen LogP contribution in [0.25, 0.3) is 0 Å². The number of hydrogen-bond acceptors (Lipinski definition) is 8. The zero-order chi connectivity index (χ0) is 32.8. The molecule has 5 N–H and O–H groups in total. The lowest BCUT2D eigenvalue weighted by molar-refractivity contribution is -0.122. The number of hydrogen-bond donors (Lipinski definition) is 5. The van der Waals surface area contributed by atoms with Crippen LogP contribution in [-0.2, 0) is 27.8 Å². The van der Waals surface area contributed by atoms with Crippen LogP contribution >= 0.6 is 0 Å². The van der Waals surface area contributed by atoms with Crippen LogP contribution in [0.3, 0.4) is 0 Å². The SMILES string of the molecule is COc1cccc(CNC[C@@H](O)[C@H](Cc2ccccc2)NC(=O)c2cc(NC(C)C)cc(N3CCCCS3(=O)=O)c2)c1.O=CO. The summed E-state index contributed by atoms with van der Waals surface area (Å²) in [6.45, 7) is 4.87. The van der Waals surface area contributed by atoms with Gasteiger partial charge in [-0.25, -0.2) is 8.42 Å². The molecule has 1 heterocycles. The first-order valence-corrected chi connectivity index (χ1v) is 16.5. The van der Waals surface area contributed by atoms with Crippen molar-refractivity contribution in [2.24, 2.45) is 0 Å². The molecule has 0 radical (unpaired) electrons. The van der Waals surface area contributed by atoms with E-state index in [1.54, 1.807) is 25.3 Å². The van der Waals surface area contributed by atoms with Crippen LogP contribution in [0.4, 0.5) is 11.4 Å². The molecule has 0 saturated carbocycles. The quantitative estimate of drug-likeness (QED) is 0.176. The van der Waals surface area contributed by atoms with Gasteiger partial charge in [-0.05, 0) is 74.6 Å². The Hall–Kier alpha value is -4.13. The Morgan fingerprint density at radius 1 is 1.02 bits per heavy atom. The summed E-state index contributed by atoms with van der Waals surface area (Å²) in [6, 6.07) is 22.0. The molecule has 2 atom stereocenters. The molecule has 0 unspecified atom stereocenters. The first-order chi connectivity index (χ1) is 21.6. The van der Waals surface area contributed by atoms with E-state index >= 15 is 0 Å². The predicted molar refractivity (Wildman–Crippen MR) is 176 cm³/mol. The minimum atomic E-state index is -3.46. The normalized spacial score (nSPS) is 15.3. The third-order valence-electron chi connectivity index (χ3n) is 7.17. The number of ether oxygens (including phenoxy) is 1. The summed E-state index contributed by atoms with van der Waals surface area (Å²) < 4.78 is 32.4. The molecule has 0 spiro atoms. The minimum Gasteiger partial charge on any atom is -0.497 e. The number of aliphatic hydroxyl groups is 1. The summed E-state index contributed by atoms with van der Waals surface area (Å²) in [6.07, 6.45) is 0.919. The van der Waals surface area contributed by atoms with Gasteiger partial charge in [-0.3, -0.25) is 13.9 Å². The molecule has 45 heavy (non-hydrogen) atoms. The van der Waals surface area contributed by atoms with Crippen LogP contribution in [0, 0.1) is 0 Å². The maximum Gasteiger partial charge on any atom is 0.290 e. The van der Waals surface area contributed by atoms with Crippen molar-refractivity contribution in [2.45, 2.75) is 57.8 Å². The molecule has 1 amide bonds. The molecule has 1 fully saturated rings. The molecule has 4 rings (SSSR count). The van der Waals surface area contributed by atoms with Gasteiger partial charge >= 0.3 is 0 Å². The molecule has 0 aliphatic carbocycles. The van der Waals surface area contributed by atoms with Gasteiger partial charge in [-0.2, -0.15) is 0 Å². The van der Waals surface area contributed by atoms with Crippen LogP contribution in [0.15, 0.2) is 72.8 Å². The van der Waals surface area contributed by atoms with E-state index < -0.39 is 22.2 Å². The number of nitrogens with zero attached hydrogens (tertiary/aromatic N) is 1. The van der Waals surface area contributed by atoms with Crippen molar-refractivity contribution in [1.82, 2.24) is 10.6 Å². The number of rotatable bonds is 13. The molecule has 12 heteroatoms. The largest absolute Gasteiger partial charge is 0.497 e. The van der Waals surface area contributed by atoms with Gasteiger partial charge in [0, 0.05) is 36.9 Å². The Morgan fingerprint density at radius 3 is 2.40 bits per heavy atom. The zero-order valence-corrected chi connectivity index (χ0v) is 26.8. The topological polar surface area (TPSA) is 157 Å².